The molecule has 0 aliphatic carbocycles. The van der Waals surface area contributed by atoms with Gasteiger partial charge in [-0.3, -0.25) is 4.79 Å². The number of hydrogen-bond acceptors (Lipinski definition) is 3. The van der Waals surface area contributed by atoms with Gasteiger partial charge in [0.15, 0.2) is 9.84 Å². The van der Waals surface area contributed by atoms with Crippen LogP contribution in [-0.2, 0) is 9.84 Å². The molecule has 1 heterocycles. The number of nitrogens with zero attached hydrogens (tertiary/aromatic N) is 1. The van der Waals surface area contributed by atoms with Crippen molar-refractivity contribution in [1.82, 2.24) is 4.90 Å². The molecule has 1 atom stereocenters. The number of unbranched alkanes of at least 4 members (excludes halogenated alkanes) is 1. The summed E-state index contributed by atoms with van der Waals surface area (Å²) in [6, 6.07) is 5.63. The molecule has 1 unspecified atom stereocenters. The molecule has 0 radical (unpaired) electrons. The Labute approximate surface area is 133 Å². The highest BCUT2D eigenvalue weighted by Crippen LogP contribution is 2.21. The third-order valence-electron chi connectivity index (χ3n) is 4.13. The van der Waals surface area contributed by atoms with E-state index in [1.807, 2.05) is 32.0 Å². The molecule has 1 aromatic carbocycles. The van der Waals surface area contributed by atoms with Crippen molar-refractivity contribution in [2.75, 3.05) is 18.1 Å². The van der Waals surface area contributed by atoms with Crippen molar-refractivity contribution >= 4 is 15.7 Å². The number of benzene rings is 1. The maximum atomic E-state index is 12.9. The quantitative estimate of drug-likeness (QED) is 0.837. The van der Waals surface area contributed by atoms with Crippen molar-refractivity contribution in [3.8, 4) is 0 Å². The van der Waals surface area contributed by atoms with Crippen LogP contribution in [0.5, 0.6) is 0 Å². The molecule has 1 aromatic rings. The fourth-order valence-corrected chi connectivity index (χ4v) is 4.79. The number of carbonyl (C=O) groups is 1. The molecule has 1 aliphatic heterocycles. The number of carbonyl (C=O) groups excluding carboxylic acids is 1. The lowest BCUT2D eigenvalue weighted by Gasteiger charge is -2.28. The summed E-state index contributed by atoms with van der Waals surface area (Å²) in [5.41, 5.74) is 2.77. The number of hydrogen-bond donors (Lipinski definition) is 0. The topological polar surface area (TPSA) is 54.5 Å². The van der Waals surface area contributed by atoms with E-state index in [2.05, 4.69) is 6.92 Å². The van der Waals surface area contributed by atoms with Crippen LogP contribution >= 0.6 is 0 Å². The van der Waals surface area contributed by atoms with Crippen LogP contribution < -0.4 is 0 Å². The largest absolute Gasteiger partial charge is 0.335 e. The van der Waals surface area contributed by atoms with Crippen LogP contribution in [0.1, 0.15) is 47.7 Å². The zero-order valence-corrected chi connectivity index (χ0v) is 14.4. The Morgan fingerprint density at radius 3 is 2.36 bits per heavy atom. The van der Waals surface area contributed by atoms with Gasteiger partial charge in [0.05, 0.1) is 11.5 Å². The fraction of sp³-hybridized carbons (Fsp3) is 0.588. The van der Waals surface area contributed by atoms with Crippen LogP contribution in [-0.4, -0.2) is 43.3 Å². The van der Waals surface area contributed by atoms with Gasteiger partial charge in [-0.25, -0.2) is 8.42 Å². The fourth-order valence-electron chi connectivity index (χ4n) is 3.06. The van der Waals surface area contributed by atoms with Crippen LogP contribution in [0.15, 0.2) is 18.2 Å². The second-order valence-electron chi connectivity index (χ2n) is 6.29. The van der Waals surface area contributed by atoms with E-state index in [0.717, 1.165) is 24.0 Å². The first-order valence-corrected chi connectivity index (χ1v) is 9.74. The van der Waals surface area contributed by atoms with Gasteiger partial charge in [-0.1, -0.05) is 30.5 Å². The summed E-state index contributed by atoms with van der Waals surface area (Å²) in [6.45, 7) is 6.65. The summed E-state index contributed by atoms with van der Waals surface area (Å²) in [5.74, 6) is 0.260. The SMILES string of the molecule is CCCCN(C(=O)c1cc(C)cc(C)c1)C1CCS(=O)(=O)C1. The molecule has 0 saturated carbocycles. The Kier molecular flexibility index (Phi) is 5.27. The zero-order chi connectivity index (χ0) is 16.3. The average Bonchev–Trinajstić information content (AvgIpc) is 2.78. The van der Waals surface area contributed by atoms with Gasteiger partial charge in [-0.2, -0.15) is 0 Å². The smallest absolute Gasteiger partial charge is 0.254 e. The lowest BCUT2D eigenvalue weighted by atomic mass is 10.0. The molecule has 1 fully saturated rings. The summed E-state index contributed by atoms with van der Waals surface area (Å²) in [5, 5.41) is 0. The van der Waals surface area contributed by atoms with Crippen molar-refractivity contribution < 1.29 is 13.2 Å². The lowest BCUT2D eigenvalue weighted by Crippen LogP contribution is -2.41. The van der Waals surface area contributed by atoms with Crippen molar-refractivity contribution in [1.29, 1.82) is 0 Å². The first-order valence-electron chi connectivity index (χ1n) is 7.92. The molecule has 22 heavy (non-hydrogen) atoms. The standard InChI is InChI=1S/C17H25NO3S/c1-4-5-7-18(16-6-8-22(20,21)12-16)17(19)15-10-13(2)9-14(3)11-15/h9-11,16H,4-8,12H2,1-3H3. The number of aryl methyl sites for hydroxylation is 2. The summed E-state index contributed by atoms with van der Waals surface area (Å²) in [7, 11) is -2.99. The zero-order valence-electron chi connectivity index (χ0n) is 13.6. The summed E-state index contributed by atoms with van der Waals surface area (Å²) < 4.78 is 23.5. The third-order valence-corrected chi connectivity index (χ3v) is 5.88. The highest BCUT2D eigenvalue weighted by atomic mass is 32.2. The van der Waals surface area contributed by atoms with Gasteiger partial charge in [0.25, 0.3) is 5.91 Å². The maximum Gasteiger partial charge on any atom is 0.254 e. The molecule has 1 aliphatic rings. The molecule has 122 valence electrons. The molecule has 0 aromatic heterocycles. The van der Waals surface area contributed by atoms with E-state index >= 15 is 0 Å². The van der Waals surface area contributed by atoms with Gasteiger partial charge in [-0.05, 0) is 38.8 Å². The van der Waals surface area contributed by atoms with Crippen LogP contribution in [0.3, 0.4) is 0 Å². The maximum absolute atomic E-state index is 12.9. The van der Waals surface area contributed by atoms with Crippen LogP contribution in [0.4, 0.5) is 0 Å². The molecular formula is C17H25NO3S. The Balaban J connectivity index is 2.26. The summed E-state index contributed by atoms with van der Waals surface area (Å²) >= 11 is 0. The molecule has 2 rings (SSSR count). The number of rotatable bonds is 5. The molecule has 1 saturated heterocycles. The van der Waals surface area contributed by atoms with Gasteiger partial charge in [0, 0.05) is 18.2 Å². The Morgan fingerprint density at radius 2 is 1.86 bits per heavy atom. The van der Waals surface area contributed by atoms with E-state index in [1.165, 1.54) is 0 Å². The minimum Gasteiger partial charge on any atom is -0.335 e. The van der Waals surface area contributed by atoms with Crippen molar-refractivity contribution in [3.05, 3.63) is 34.9 Å². The van der Waals surface area contributed by atoms with Gasteiger partial charge in [0.1, 0.15) is 0 Å². The van der Waals surface area contributed by atoms with Crippen molar-refractivity contribution in [3.63, 3.8) is 0 Å². The third kappa shape index (κ3) is 4.09. The Hall–Kier alpha value is -1.36. The molecule has 0 bridgehead atoms. The number of sulfone groups is 1. The molecule has 0 N–H and O–H groups in total. The second-order valence-corrected chi connectivity index (χ2v) is 8.51. The van der Waals surface area contributed by atoms with E-state index in [4.69, 9.17) is 0 Å². The monoisotopic (exact) mass is 323 g/mol. The van der Waals surface area contributed by atoms with Gasteiger partial charge in [-0.15, -0.1) is 0 Å². The van der Waals surface area contributed by atoms with Crippen LogP contribution in [0, 0.1) is 13.8 Å². The van der Waals surface area contributed by atoms with E-state index in [1.54, 1.807) is 4.90 Å². The van der Waals surface area contributed by atoms with Crippen LogP contribution in [0.2, 0.25) is 0 Å². The van der Waals surface area contributed by atoms with E-state index in [-0.39, 0.29) is 23.5 Å². The van der Waals surface area contributed by atoms with E-state index in [9.17, 15) is 13.2 Å². The first kappa shape index (κ1) is 17.0. The highest BCUT2D eigenvalue weighted by molar-refractivity contribution is 7.91. The molecule has 5 heteroatoms. The molecule has 0 spiro atoms. The Bertz CT molecular complexity index is 632. The Morgan fingerprint density at radius 1 is 1.23 bits per heavy atom. The molecule has 1 amide bonds. The van der Waals surface area contributed by atoms with Gasteiger partial charge >= 0.3 is 0 Å². The minimum absolute atomic E-state index is 0.0395. The second kappa shape index (κ2) is 6.82. The highest BCUT2D eigenvalue weighted by Gasteiger charge is 2.34. The predicted molar refractivity (Wildman–Crippen MR) is 88.9 cm³/mol. The number of amides is 1. The summed E-state index contributed by atoms with van der Waals surface area (Å²) in [6.07, 6.45) is 2.44. The summed E-state index contributed by atoms with van der Waals surface area (Å²) in [4.78, 5) is 14.7. The normalized spacial score (nSPS) is 20.0. The van der Waals surface area contributed by atoms with E-state index < -0.39 is 9.84 Å². The lowest BCUT2D eigenvalue weighted by molar-refractivity contribution is 0.0694. The van der Waals surface area contributed by atoms with Gasteiger partial charge < -0.3 is 4.90 Å². The predicted octanol–water partition coefficient (Wildman–Crippen LogP) is 2.73. The van der Waals surface area contributed by atoms with Crippen molar-refractivity contribution in [2.24, 2.45) is 0 Å². The average molecular weight is 323 g/mol. The first-order chi connectivity index (χ1) is 10.3. The minimum atomic E-state index is -2.99. The van der Waals surface area contributed by atoms with Crippen molar-refractivity contribution in [2.45, 2.75) is 46.1 Å². The van der Waals surface area contributed by atoms with E-state index in [0.29, 0.717) is 18.5 Å². The van der Waals surface area contributed by atoms with Crippen LogP contribution in [0.25, 0.3) is 0 Å². The molecular weight excluding hydrogens is 298 g/mol. The van der Waals surface area contributed by atoms with Gasteiger partial charge in [0.2, 0.25) is 0 Å². The molecule has 4 nitrogen and oxygen atoms in total.